The van der Waals surface area contributed by atoms with Gasteiger partial charge in [-0.15, -0.1) is 11.3 Å². The molecule has 0 bridgehead atoms. The number of nitrogens with zero attached hydrogens (tertiary/aromatic N) is 2. The van der Waals surface area contributed by atoms with Gasteiger partial charge in [-0.2, -0.15) is 0 Å². The summed E-state index contributed by atoms with van der Waals surface area (Å²) in [5, 5.41) is 1.33. The lowest BCUT2D eigenvalue weighted by Crippen LogP contribution is -2.60. The fourth-order valence-corrected chi connectivity index (χ4v) is 11.7. The highest BCUT2D eigenvalue weighted by atomic mass is 32.1. The number of hydrogen-bond donors (Lipinski definition) is 0. The minimum absolute atomic E-state index is 0.0380. The molecule has 0 spiro atoms. The fraction of sp³-hybridized carbons (Fsp3) is 0.347. The first-order valence-electron chi connectivity index (χ1n) is 19.8. The molecule has 1 aromatic heterocycles. The van der Waals surface area contributed by atoms with Crippen molar-refractivity contribution < 1.29 is 0 Å². The number of thiophene rings is 1. The second-order valence-corrected chi connectivity index (χ2v) is 20.3. The molecule has 10 rings (SSSR count). The summed E-state index contributed by atoms with van der Waals surface area (Å²) in [4.78, 5) is 5.37. The largest absolute Gasteiger partial charge is 0.376 e. The predicted octanol–water partition coefficient (Wildman–Crippen LogP) is 12.6. The average molecular weight is 711 g/mol. The van der Waals surface area contributed by atoms with E-state index in [-0.39, 0.29) is 28.5 Å². The van der Waals surface area contributed by atoms with Crippen molar-refractivity contribution in [1.82, 2.24) is 0 Å². The molecule has 0 atom stereocenters. The average Bonchev–Trinajstić information content (AvgIpc) is 3.51. The van der Waals surface area contributed by atoms with Crippen molar-refractivity contribution in [2.75, 3.05) is 9.71 Å². The normalized spacial score (nSPS) is 19.6. The maximum atomic E-state index is 2.78. The van der Waals surface area contributed by atoms with Crippen LogP contribution in [0.25, 0.3) is 21.2 Å². The Balaban J connectivity index is 1.35. The highest BCUT2D eigenvalue weighted by Gasteiger charge is 2.49. The summed E-state index contributed by atoms with van der Waals surface area (Å²) in [6.07, 6.45) is 4.82. The van der Waals surface area contributed by atoms with Gasteiger partial charge < -0.3 is 9.71 Å². The number of benzene rings is 5. The van der Waals surface area contributed by atoms with Gasteiger partial charge >= 0.3 is 6.85 Å². The molecule has 0 fully saturated rings. The number of hydrogen-bond acceptors (Lipinski definition) is 3. The van der Waals surface area contributed by atoms with Gasteiger partial charge in [0.2, 0.25) is 0 Å². The number of aryl methyl sites for hydroxylation is 1. The van der Waals surface area contributed by atoms with Gasteiger partial charge in [-0.1, -0.05) is 104 Å². The first-order valence-corrected chi connectivity index (χ1v) is 20.6. The van der Waals surface area contributed by atoms with E-state index < -0.39 is 0 Å². The molecule has 0 radical (unpaired) electrons. The molecule has 2 aliphatic carbocycles. The molecular formula is C49H51BN2S. The van der Waals surface area contributed by atoms with E-state index in [0.29, 0.717) is 0 Å². The fourth-order valence-electron chi connectivity index (χ4n) is 10.5. The Bertz CT molecular complexity index is 2500. The van der Waals surface area contributed by atoms with Gasteiger partial charge in [0, 0.05) is 43.2 Å². The zero-order chi connectivity index (χ0) is 36.8. The quantitative estimate of drug-likeness (QED) is 0.165. The van der Waals surface area contributed by atoms with Gasteiger partial charge in [0.1, 0.15) is 0 Å². The second-order valence-electron chi connectivity index (χ2n) is 19.2. The number of fused-ring (bicyclic) bond motifs is 8. The van der Waals surface area contributed by atoms with Crippen LogP contribution in [0.3, 0.4) is 0 Å². The van der Waals surface area contributed by atoms with Crippen molar-refractivity contribution in [1.29, 1.82) is 0 Å². The molecule has 6 aromatic rings. The Morgan fingerprint density at radius 2 is 1.15 bits per heavy atom. The van der Waals surface area contributed by atoms with Gasteiger partial charge in [0.05, 0.1) is 5.69 Å². The molecule has 0 N–H and O–H groups in total. The van der Waals surface area contributed by atoms with Crippen LogP contribution in [0.5, 0.6) is 0 Å². The lowest BCUT2D eigenvalue weighted by atomic mass is 9.46. The van der Waals surface area contributed by atoms with Crippen LogP contribution < -0.4 is 20.0 Å². The highest BCUT2D eigenvalue weighted by Crippen LogP contribution is 2.55. The van der Waals surface area contributed by atoms with Crippen LogP contribution >= 0.6 is 11.3 Å². The molecule has 4 heteroatoms. The molecule has 2 aliphatic heterocycles. The van der Waals surface area contributed by atoms with E-state index in [2.05, 4.69) is 169 Å². The lowest BCUT2D eigenvalue weighted by Gasteiger charge is -2.48. The SMILES string of the molecule is Cc1cc2c3c(c1)N(c1ccccc1)c1c(sc4ccccc14)B3N(c1ccc3c(c1)C(C)(C)CCC3(C)C)c1cc3c(cc1-2)C(C)(C)CCC3(C)C. The molecule has 0 unspecified atom stereocenters. The Morgan fingerprint density at radius 1 is 0.547 bits per heavy atom. The Hall–Kier alpha value is -4.28. The third-order valence-corrected chi connectivity index (χ3v) is 15.0. The summed E-state index contributed by atoms with van der Waals surface area (Å²) in [7, 11) is 0. The molecule has 53 heavy (non-hydrogen) atoms. The maximum Gasteiger partial charge on any atom is 0.343 e. The minimum atomic E-state index is 0.0380. The van der Waals surface area contributed by atoms with Gasteiger partial charge in [-0.05, 0) is 142 Å². The zero-order valence-corrected chi connectivity index (χ0v) is 33.8. The molecule has 0 saturated carbocycles. The van der Waals surface area contributed by atoms with Gasteiger partial charge in [0.25, 0.3) is 0 Å². The lowest BCUT2D eigenvalue weighted by molar-refractivity contribution is 0.332. The summed E-state index contributed by atoms with van der Waals surface area (Å²) in [6.45, 7) is 22.0. The van der Waals surface area contributed by atoms with E-state index in [9.17, 15) is 0 Å². The van der Waals surface area contributed by atoms with Crippen LogP contribution in [0.1, 0.15) is 109 Å². The molecule has 0 saturated heterocycles. The molecule has 0 amide bonds. The van der Waals surface area contributed by atoms with E-state index in [1.165, 1.54) is 113 Å². The zero-order valence-electron chi connectivity index (χ0n) is 32.9. The van der Waals surface area contributed by atoms with Gasteiger partial charge in [-0.25, -0.2) is 0 Å². The van der Waals surface area contributed by atoms with Gasteiger partial charge in [-0.3, -0.25) is 0 Å². The molecule has 4 aliphatic rings. The monoisotopic (exact) mass is 710 g/mol. The Morgan fingerprint density at radius 3 is 1.85 bits per heavy atom. The summed E-state index contributed by atoms with van der Waals surface area (Å²) in [5.41, 5.74) is 18.6. The molecule has 266 valence electrons. The standard InChI is InChI=1S/C49H51BN2S/c1-30-25-35-34-28-38-39(49(8,9)24-23-48(38,6)7)29-40(34)52(32-19-20-36-37(27-32)47(4,5)22-21-46(36,2)3)50-43(35)41(26-30)51(31-15-11-10-12-16-31)44-33-17-13-14-18-42(33)53-45(44)50/h10-20,25-29H,21-24H2,1-9H3. The number of rotatable bonds is 2. The first-order chi connectivity index (χ1) is 25.2. The summed E-state index contributed by atoms with van der Waals surface area (Å²) in [5.74, 6) is 0. The third-order valence-electron chi connectivity index (χ3n) is 13.8. The van der Waals surface area contributed by atoms with Crippen molar-refractivity contribution in [3.63, 3.8) is 0 Å². The highest BCUT2D eigenvalue weighted by molar-refractivity contribution is 7.32. The first kappa shape index (κ1) is 33.3. The predicted molar refractivity (Wildman–Crippen MR) is 231 cm³/mol. The van der Waals surface area contributed by atoms with Crippen molar-refractivity contribution in [2.45, 2.75) is 110 Å². The van der Waals surface area contributed by atoms with E-state index in [4.69, 9.17) is 0 Å². The summed E-state index contributed by atoms with van der Waals surface area (Å²) in [6, 6.07) is 38.0. The van der Waals surface area contributed by atoms with Crippen LogP contribution in [0, 0.1) is 6.92 Å². The molecular weight excluding hydrogens is 659 g/mol. The van der Waals surface area contributed by atoms with Crippen LogP contribution in [-0.2, 0) is 21.7 Å². The number of anilines is 5. The van der Waals surface area contributed by atoms with Crippen molar-refractivity contribution >= 4 is 66.9 Å². The maximum absolute atomic E-state index is 2.78. The second kappa shape index (κ2) is 10.9. The summed E-state index contributed by atoms with van der Waals surface area (Å²) < 4.78 is 2.77. The van der Waals surface area contributed by atoms with Crippen LogP contribution in [0.15, 0.2) is 97.1 Å². The topological polar surface area (TPSA) is 6.48 Å². The smallest absolute Gasteiger partial charge is 0.343 e. The molecule has 5 aromatic carbocycles. The van der Waals surface area contributed by atoms with E-state index in [0.717, 1.165) is 0 Å². The Labute approximate surface area is 321 Å². The van der Waals surface area contributed by atoms with E-state index in [1.54, 1.807) is 0 Å². The van der Waals surface area contributed by atoms with Crippen molar-refractivity contribution in [2.24, 2.45) is 0 Å². The molecule has 3 heterocycles. The van der Waals surface area contributed by atoms with E-state index >= 15 is 0 Å². The van der Waals surface area contributed by atoms with Crippen LogP contribution in [-0.4, -0.2) is 6.85 Å². The van der Waals surface area contributed by atoms with Crippen molar-refractivity contribution in [3.8, 4) is 11.1 Å². The Kier molecular flexibility index (Phi) is 6.86. The van der Waals surface area contributed by atoms with E-state index in [1.807, 2.05) is 11.3 Å². The third kappa shape index (κ3) is 4.70. The van der Waals surface area contributed by atoms with Crippen LogP contribution in [0.2, 0.25) is 0 Å². The summed E-state index contributed by atoms with van der Waals surface area (Å²) >= 11 is 1.99. The van der Waals surface area contributed by atoms with Gasteiger partial charge in [0.15, 0.2) is 0 Å². The number of para-hydroxylation sites is 1. The van der Waals surface area contributed by atoms with Crippen molar-refractivity contribution in [3.05, 3.63) is 125 Å². The van der Waals surface area contributed by atoms with Crippen LogP contribution in [0.4, 0.5) is 28.4 Å². The molecule has 2 nitrogen and oxygen atoms in total. The minimum Gasteiger partial charge on any atom is -0.376 e.